The zero-order valence-corrected chi connectivity index (χ0v) is 9.67. The predicted octanol–water partition coefficient (Wildman–Crippen LogP) is 1.11. The Bertz CT molecular complexity index is 338. The first kappa shape index (κ1) is 11.9. The summed E-state index contributed by atoms with van der Waals surface area (Å²) in [5, 5.41) is 14.5. The van der Waals surface area contributed by atoms with Gasteiger partial charge in [-0.05, 0) is 13.8 Å². The third-order valence-corrected chi connectivity index (χ3v) is 2.75. The molecule has 1 rings (SSSR count). The van der Waals surface area contributed by atoms with Gasteiger partial charge in [0.05, 0.1) is 19.3 Å². The van der Waals surface area contributed by atoms with E-state index >= 15 is 0 Å². The van der Waals surface area contributed by atoms with E-state index < -0.39 is 12.1 Å². The van der Waals surface area contributed by atoms with Crippen molar-refractivity contribution in [1.29, 1.82) is 0 Å². The smallest absolute Gasteiger partial charge is 0.357 e. The third-order valence-electron chi connectivity index (χ3n) is 1.97. The maximum absolute atomic E-state index is 11.1. The Hall–Kier alpha value is -1.14. The highest BCUT2D eigenvalue weighted by Crippen LogP contribution is 2.17. The number of nitrogens with one attached hydrogen (secondary N) is 1. The quantitative estimate of drug-likeness (QED) is 0.758. The number of carbonyl (C=O) groups excluding carboxylic acids is 1. The van der Waals surface area contributed by atoms with Gasteiger partial charge in [-0.3, -0.25) is 0 Å². The minimum Gasteiger partial charge on any atom is -0.464 e. The molecule has 2 N–H and O–H groups in total. The average molecular weight is 230 g/mol. The van der Waals surface area contributed by atoms with Crippen LogP contribution in [-0.4, -0.2) is 35.3 Å². The Kier molecular flexibility index (Phi) is 4.05. The molecular weight excluding hydrogens is 216 g/mol. The highest BCUT2D eigenvalue weighted by molar-refractivity contribution is 7.13. The summed E-state index contributed by atoms with van der Waals surface area (Å²) >= 11 is 1.30. The fourth-order valence-electron chi connectivity index (χ4n) is 0.854. The molecule has 5 nitrogen and oxygen atoms in total. The molecule has 2 atom stereocenters. The normalized spacial score (nSPS) is 14.4. The van der Waals surface area contributed by atoms with E-state index in [1.54, 1.807) is 12.3 Å². The van der Waals surface area contributed by atoms with E-state index in [9.17, 15) is 9.90 Å². The van der Waals surface area contributed by atoms with E-state index in [4.69, 9.17) is 0 Å². The van der Waals surface area contributed by atoms with Crippen molar-refractivity contribution in [2.45, 2.75) is 26.0 Å². The lowest BCUT2D eigenvalue weighted by atomic mass is 10.2. The predicted molar refractivity (Wildman–Crippen MR) is 58.2 cm³/mol. The maximum atomic E-state index is 11.1. The lowest BCUT2D eigenvalue weighted by Crippen LogP contribution is -2.27. The molecule has 0 amide bonds. The average Bonchev–Trinajstić information content (AvgIpc) is 2.65. The van der Waals surface area contributed by atoms with Crippen molar-refractivity contribution in [3.8, 4) is 0 Å². The summed E-state index contributed by atoms with van der Waals surface area (Å²) in [5.41, 5.74) is 0.280. The Morgan fingerprint density at radius 3 is 2.87 bits per heavy atom. The molecule has 0 fully saturated rings. The van der Waals surface area contributed by atoms with Gasteiger partial charge in [0, 0.05) is 5.38 Å². The van der Waals surface area contributed by atoms with Crippen LogP contribution in [0.1, 0.15) is 24.3 Å². The number of methoxy groups -OCH3 is 1. The summed E-state index contributed by atoms with van der Waals surface area (Å²) in [7, 11) is 1.31. The van der Waals surface area contributed by atoms with Crippen LogP contribution in [0.25, 0.3) is 0 Å². The third kappa shape index (κ3) is 3.17. The van der Waals surface area contributed by atoms with Crippen LogP contribution in [0.5, 0.6) is 0 Å². The Morgan fingerprint density at radius 2 is 2.33 bits per heavy atom. The van der Waals surface area contributed by atoms with Crippen molar-refractivity contribution in [3.63, 3.8) is 0 Å². The van der Waals surface area contributed by atoms with Gasteiger partial charge in [0.25, 0.3) is 0 Å². The Balaban J connectivity index is 2.64. The second-order valence-corrected chi connectivity index (χ2v) is 4.06. The molecule has 15 heavy (non-hydrogen) atoms. The summed E-state index contributed by atoms with van der Waals surface area (Å²) in [6.07, 6.45) is -0.476. The van der Waals surface area contributed by atoms with Gasteiger partial charge in [-0.1, -0.05) is 0 Å². The van der Waals surface area contributed by atoms with Crippen molar-refractivity contribution in [2.75, 3.05) is 12.4 Å². The standard InChI is InChI=1S/C9H14N2O3S/c1-5(6(2)12)10-9-11-7(4-15-9)8(13)14-3/h4-6,12H,1-3H3,(H,10,11). The van der Waals surface area contributed by atoms with Gasteiger partial charge in [0.1, 0.15) is 0 Å². The fraction of sp³-hybridized carbons (Fsp3) is 0.556. The molecule has 0 aliphatic carbocycles. The van der Waals surface area contributed by atoms with E-state index in [0.29, 0.717) is 5.13 Å². The molecule has 6 heteroatoms. The molecule has 0 saturated heterocycles. The lowest BCUT2D eigenvalue weighted by Gasteiger charge is -2.15. The number of aromatic nitrogens is 1. The monoisotopic (exact) mass is 230 g/mol. The van der Waals surface area contributed by atoms with Gasteiger partial charge in [-0.2, -0.15) is 0 Å². The van der Waals surface area contributed by atoms with Crippen LogP contribution < -0.4 is 5.32 Å². The van der Waals surface area contributed by atoms with Crippen molar-refractivity contribution in [2.24, 2.45) is 0 Å². The van der Waals surface area contributed by atoms with Gasteiger partial charge < -0.3 is 15.2 Å². The molecule has 1 heterocycles. The van der Waals surface area contributed by atoms with Crippen LogP contribution in [0, 0.1) is 0 Å². The van der Waals surface area contributed by atoms with Gasteiger partial charge >= 0.3 is 5.97 Å². The van der Waals surface area contributed by atoms with Crippen LogP contribution in [0.15, 0.2) is 5.38 Å². The van der Waals surface area contributed by atoms with E-state index in [0.717, 1.165) is 0 Å². The summed E-state index contributed by atoms with van der Waals surface area (Å²) in [6.45, 7) is 3.52. The Morgan fingerprint density at radius 1 is 1.67 bits per heavy atom. The minimum atomic E-state index is -0.476. The number of nitrogens with zero attached hydrogens (tertiary/aromatic N) is 1. The molecular formula is C9H14N2O3S. The molecule has 0 aromatic carbocycles. The SMILES string of the molecule is COC(=O)c1csc(NC(C)C(C)O)n1. The maximum Gasteiger partial charge on any atom is 0.357 e. The molecule has 0 bridgehead atoms. The molecule has 0 aliphatic heterocycles. The number of hydrogen-bond donors (Lipinski definition) is 2. The van der Waals surface area contributed by atoms with Crippen LogP contribution in [0.4, 0.5) is 5.13 Å². The molecule has 1 aromatic rings. The van der Waals surface area contributed by atoms with Crippen LogP contribution in [0.2, 0.25) is 0 Å². The van der Waals surface area contributed by atoms with Crippen LogP contribution in [-0.2, 0) is 4.74 Å². The highest BCUT2D eigenvalue weighted by atomic mass is 32.1. The first-order valence-electron chi connectivity index (χ1n) is 4.53. The van der Waals surface area contributed by atoms with E-state index in [-0.39, 0.29) is 11.7 Å². The highest BCUT2D eigenvalue weighted by Gasteiger charge is 2.13. The van der Waals surface area contributed by atoms with Gasteiger partial charge in [0.2, 0.25) is 0 Å². The van der Waals surface area contributed by atoms with Gasteiger partial charge in [0.15, 0.2) is 10.8 Å². The van der Waals surface area contributed by atoms with E-state index in [1.807, 2.05) is 6.92 Å². The number of ether oxygens (including phenoxy) is 1. The molecule has 0 aliphatic rings. The second-order valence-electron chi connectivity index (χ2n) is 3.20. The number of rotatable bonds is 4. The lowest BCUT2D eigenvalue weighted by molar-refractivity contribution is 0.0595. The van der Waals surface area contributed by atoms with Crippen molar-refractivity contribution in [3.05, 3.63) is 11.1 Å². The molecule has 0 radical (unpaired) electrons. The molecule has 0 saturated carbocycles. The largest absolute Gasteiger partial charge is 0.464 e. The molecule has 2 unspecified atom stereocenters. The summed E-state index contributed by atoms with van der Waals surface area (Å²) in [4.78, 5) is 15.1. The minimum absolute atomic E-state index is 0.110. The first-order valence-corrected chi connectivity index (χ1v) is 5.41. The number of hydrogen-bond acceptors (Lipinski definition) is 6. The van der Waals surface area contributed by atoms with Crippen LogP contribution in [0.3, 0.4) is 0 Å². The number of thiazole rings is 1. The zero-order valence-electron chi connectivity index (χ0n) is 8.85. The number of anilines is 1. The van der Waals surface area contributed by atoms with Gasteiger partial charge in [-0.15, -0.1) is 11.3 Å². The first-order chi connectivity index (χ1) is 7.04. The topological polar surface area (TPSA) is 71.5 Å². The second kappa shape index (κ2) is 5.09. The number of aliphatic hydroxyl groups excluding tert-OH is 1. The summed E-state index contributed by atoms with van der Waals surface area (Å²) in [6, 6.07) is -0.110. The Labute approximate surface area is 92.1 Å². The van der Waals surface area contributed by atoms with Crippen molar-refractivity contribution >= 4 is 22.4 Å². The number of esters is 1. The molecule has 84 valence electrons. The molecule has 1 aromatic heterocycles. The van der Waals surface area contributed by atoms with E-state index in [1.165, 1.54) is 18.4 Å². The number of carbonyl (C=O) groups is 1. The summed E-state index contributed by atoms with van der Waals surface area (Å²) < 4.78 is 4.53. The van der Waals surface area contributed by atoms with Crippen molar-refractivity contribution < 1.29 is 14.6 Å². The fourth-order valence-corrected chi connectivity index (χ4v) is 1.63. The van der Waals surface area contributed by atoms with Gasteiger partial charge in [-0.25, -0.2) is 9.78 Å². The van der Waals surface area contributed by atoms with Crippen molar-refractivity contribution in [1.82, 2.24) is 4.98 Å². The number of aliphatic hydroxyl groups is 1. The zero-order chi connectivity index (χ0) is 11.4. The van der Waals surface area contributed by atoms with Crippen LogP contribution >= 0.6 is 11.3 Å². The van der Waals surface area contributed by atoms with E-state index in [2.05, 4.69) is 15.0 Å². The molecule has 0 spiro atoms. The summed E-state index contributed by atoms with van der Waals surface area (Å²) in [5.74, 6) is -0.455.